The van der Waals surface area contributed by atoms with E-state index in [1.807, 2.05) is 38.1 Å². The van der Waals surface area contributed by atoms with E-state index in [4.69, 9.17) is 19.7 Å². The van der Waals surface area contributed by atoms with Crippen LogP contribution in [0.15, 0.2) is 28.8 Å². The highest BCUT2D eigenvalue weighted by molar-refractivity contribution is 5.43. The molecule has 2 rings (SSSR count). The summed E-state index contributed by atoms with van der Waals surface area (Å²) >= 11 is 0. The Labute approximate surface area is 112 Å². The minimum absolute atomic E-state index is 0.0406. The van der Waals surface area contributed by atoms with Gasteiger partial charge in [-0.3, -0.25) is 0 Å². The van der Waals surface area contributed by atoms with Crippen LogP contribution in [0.2, 0.25) is 0 Å². The molecule has 2 aromatic rings. The lowest BCUT2D eigenvalue weighted by atomic mass is 10.1. The Hall–Kier alpha value is -2.01. The van der Waals surface area contributed by atoms with Crippen LogP contribution in [-0.2, 0) is 6.61 Å². The van der Waals surface area contributed by atoms with Crippen molar-refractivity contribution in [3.8, 4) is 11.5 Å². The molecule has 1 atom stereocenters. The molecular weight excluding hydrogens is 244 g/mol. The van der Waals surface area contributed by atoms with E-state index in [9.17, 15) is 0 Å². The van der Waals surface area contributed by atoms with E-state index in [1.165, 1.54) is 0 Å². The summed E-state index contributed by atoms with van der Waals surface area (Å²) in [5, 5.41) is 3.87. The summed E-state index contributed by atoms with van der Waals surface area (Å²) in [7, 11) is 1.60. The normalized spacial score (nSPS) is 12.2. The minimum atomic E-state index is -0.0406. The smallest absolute Gasteiger partial charge is 0.161 e. The predicted molar refractivity (Wildman–Crippen MR) is 71.2 cm³/mol. The van der Waals surface area contributed by atoms with Crippen LogP contribution < -0.4 is 15.2 Å². The van der Waals surface area contributed by atoms with E-state index in [0.717, 1.165) is 17.0 Å². The van der Waals surface area contributed by atoms with Crippen LogP contribution in [0.1, 0.15) is 30.0 Å². The molecule has 0 spiro atoms. The van der Waals surface area contributed by atoms with E-state index >= 15 is 0 Å². The van der Waals surface area contributed by atoms with Gasteiger partial charge in [0.2, 0.25) is 0 Å². The van der Waals surface area contributed by atoms with Gasteiger partial charge in [0.05, 0.1) is 7.11 Å². The molecule has 5 nitrogen and oxygen atoms in total. The summed E-state index contributed by atoms with van der Waals surface area (Å²) in [6.07, 6.45) is 0. The number of methoxy groups -OCH3 is 1. The zero-order valence-corrected chi connectivity index (χ0v) is 11.3. The maximum absolute atomic E-state index is 5.84. The Kier molecular flexibility index (Phi) is 4.06. The molecule has 2 N–H and O–H groups in total. The molecule has 19 heavy (non-hydrogen) atoms. The van der Waals surface area contributed by atoms with E-state index in [0.29, 0.717) is 18.1 Å². The van der Waals surface area contributed by atoms with Crippen LogP contribution in [0.3, 0.4) is 0 Å². The van der Waals surface area contributed by atoms with E-state index in [-0.39, 0.29) is 6.04 Å². The third kappa shape index (κ3) is 3.26. The van der Waals surface area contributed by atoms with Crippen molar-refractivity contribution < 1.29 is 14.0 Å². The Morgan fingerprint density at radius 1 is 1.32 bits per heavy atom. The van der Waals surface area contributed by atoms with Crippen molar-refractivity contribution in [2.75, 3.05) is 7.11 Å². The van der Waals surface area contributed by atoms with Gasteiger partial charge in [-0.1, -0.05) is 11.2 Å². The fourth-order valence-electron chi connectivity index (χ4n) is 1.72. The molecule has 1 heterocycles. The van der Waals surface area contributed by atoms with Crippen LogP contribution in [0.4, 0.5) is 0 Å². The van der Waals surface area contributed by atoms with E-state index < -0.39 is 0 Å². The molecule has 1 aromatic heterocycles. The molecule has 0 bridgehead atoms. The van der Waals surface area contributed by atoms with Gasteiger partial charge >= 0.3 is 0 Å². The summed E-state index contributed by atoms with van der Waals surface area (Å²) in [6, 6.07) is 7.46. The van der Waals surface area contributed by atoms with Crippen molar-refractivity contribution in [3.05, 3.63) is 41.3 Å². The first-order chi connectivity index (χ1) is 9.10. The molecule has 1 aromatic carbocycles. The Bertz CT molecular complexity index is 549. The molecule has 0 aliphatic carbocycles. The molecule has 5 heteroatoms. The van der Waals surface area contributed by atoms with Crippen LogP contribution in [-0.4, -0.2) is 12.3 Å². The number of hydrogen-bond acceptors (Lipinski definition) is 5. The SMILES string of the molecule is COc1cc(C(C)N)ccc1OCc1cc(C)on1. The second-order valence-electron chi connectivity index (χ2n) is 4.42. The van der Waals surface area contributed by atoms with Gasteiger partial charge in [0.1, 0.15) is 18.1 Å². The Morgan fingerprint density at radius 2 is 2.11 bits per heavy atom. The topological polar surface area (TPSA) is 70.5 Å². The average molecular weight is 262 g/mol. The van der Waals surface area contributed by atoms with Gasteiger partial charge < -0.3 is 19.7 Å². The largest absolute Gasteiger partial charge is 0.493 e. The zero-order valence-electron chi connectivity index (χ0n) is 11.3. The highest BCUT2D eigenvalue weighted by Gasteiger charge is 2.09. The first-order valence-electron chi connectivity index (χ1n) is 6.08. The molecule has 0 aliphatic rings. The molecule has 0 radical (unpaired) electrons. The van der Waals surface area contributed by atoms with Crippen molar-refractivity contribution in [2.24, 2.45) is 5.73 Å². The molecule has 102 valence electrons. The maximum Gasteiger partial charge on any atom is 0.161 e. The predicted octanol–water partition coefficient (Wildman–Crippen LogP) is 2.59. The fraction of sp³-hybridized carbons (Fsp3) is 0.357. The molecular formula is C14H18N2O3. The third-order valence-electron chi connectivity index (χ3n) is 2.77. The number of aromatic nitrogens is 1. The number of benzene rings is 1. The number of hydrogen-bond donors (Lipinski definition) is 1. The van der Waals surface area contributed by atoms with Crippen LogP contribution in [0.25, 0.3) is 0 Å². The zero-order chi connectivity index (χ0) is 13.8. The Balaban J connectivity index is 2.11. The van der Waals surface area contributed by atoms with Gasteiger partial charge in [-0.2, -0.15) is 0 Å². The fourth-order valence-corrected chi connectivity index (χ4v) is 1.72. The van der Waals surface area contributed by atoms with E-state index in [1.54, 1.807) is 7.11 Å². The quantitative estimate of drug-likeness (QED) is 0.896. The lowest BCUT2D eigenvalue weighted by Crippen LogP contribution is -2.05. The summed E-state index contributed by atoms with van der Waals surface area (Å²) in [4.78, 5) is 0. The van der Waals surface area contributed by atoms with Gasteiger partial charge in [0.15, 0.2) is 11.5 Å². The molecule has 0 saturated carbocycles. The number of nitrogens with two attached hydrogens (primary N) is 1. The lowest BCUT2D eigenvalue weighted by molar-refractivity contribution is 0.271. The highest BCUT2D eigenvalue weighted by atomic mass is 16.5. The standard InChI is InChI=1S/C14H18N2O3/c1-9-6-12(16-19-9)8-18-13-5-4-11(10(2)15)7-14(13)17-3/h4-7,10H,8,15H2,1-3H3. The van der Waals surface area contributed by atoms with Crippen molar-refractivity contribution in [2.45, 2.75) is 26.5 Å². The van der Waals surface area contributed by atoms with Gasteiger partial charge in [-0.05, 0) is 31.5 Å². The van der Waals surface area contributed by atoms with Gasteiger partial charge in [0.25, 0.3) is 0 Å². The molecule has 0 fully saturated rings. The number of aryl methyl sites for hydroxylation is 1. The van der Waals surface area contributed by atoms with E-state index in [2.05, 4.69) is 5.16 Å². The van der Waals surface area contributed by atoms with Crippen molar-refractivity contribution >= 4 is 0 Å². The monoisotopic (exact) mass is 262 g/mol. The lowest BCUT2D eigenvalue weighted by Gasteiger charge is -2.12. The molecule has 0 amide bonds. The summed E-state index contributed by atoms with van der Waals surface area (Å²) in [6.45, 7) is 4.10. The summed E-state index contributed by atoms with van der Waals surface area (Å²) < 4.78 is 16.0. The van der Waals surface area contributed by atoms with Gasteiger partial charge in [-0.15, -0.1) is 0 Å². The molecule has 1 unspecified atom stereocenters. The first kappa shape index (κ1) is 13.4. The summed E-state index contributed by atoms with van der Waals surface area (Å²) in [5.74, 6) is 2.08. The van der Waals surface area contributed by atoms with Crippen LogP contribution in [0.5, 0.6) is 11.5 Å². The van der Waals surface area contributed by atoms with Crippen molar-refractivity contribution in [1.29, 1.82) is 0 Å². The van der Waals surface area contributed by atoms with Crippen LogP contribution >= 0.6 is 0 Å². The van der Waals surface area contributed by atoms with Crippen molar-refractivity contribution in [3.63, 3.8) is 0 Å². The second-order valence-corrected chi connectivity index (χ2v) is 4.42. The Morgan fingerprint density at radius 3 is 2.68 bits per heavy atom. The van der Waals surface area contributed by atoms with Gasteiger partial charge in [0, 0.05) is 12.1 Å². The second kappa shape index (κ2) is 5.75. The van der Waals surface area contributed by atoms with Crippen LogP contribution in [0, 0.1) is 6.92 Å². The summed E-state index contributed by atoms with van der Waals surface area (Å²) in [5.41, 5.74) is 7.58. The highest BCUT2D eigenvalue weighted by Crippen LogP contribution is 2.30. The van der Waals surface area contributed by atoms with Gasteiger partial charge in [-0.25, -0.2) is 0 Å². The van der Waals surface area contributed by atoms with Crippen molar-refractivity contribution in [1.82, 2.24) is 5.16 Å². The molecule has 0 aliphatic heterocycles. The maximum atomic E-state index is 5.84. The number of nitrogens with zero attached hydrogens (tertiary/aromatic N) is 1. The molecule has 0 saturated heterocycles. The number of rotatable bonds is 5. The minimum Gasteiger partial charge on any atom is -0.493 e. The average Bonchev–Trinajstić information content (AvgIpc) is 2.81. The third-order valence-corrected chi connectivity index (χ3v) is 2.77. The first-order valence-corrected chi connectivity index (χ1v) is 6.08. The number of ether oxygens (including phenoxy) is 2.